The van der Waals surface area contributed by atoms with E-state index >= 15 is 0 Å². The molecule has 0 fully saturated rings. The van der Waals surface area contributed by atoms with Gasteiger partial charge in [0.05, 0.1) is 13.2 Å². The molecule has 1 aromatic rings. The average Bonchev–Trinajstić information content (AvgIpc) is 2.28. The Balaban J connectivity index is 2.59. The molecule has 0 atom stereocenters. The molecule has 0 aliphatic carbocycles. The highest BCUT2D eigenvalue weighted by atomic mass is 19.1. The lowest BCUT2D eigenvalue weighted by molar-refractivity contribution is 0.208. The first-order valence-electron chi connectivity index (χ1n) is 4.79. The van der Waals surface area contributed by atoms with Crippen molar-refractivity contribution in [3.63, 3.8) is 0 Å². The Bertz CT molecular complexity index is 356. The van der Waals surface area contributed by atoms with E-state index in [0.29, 0.717) is 24.8 Å². The van der Waals surface area contributed by atoms with Gasteiger partial charge in [0.2, 0.25) is 5.96 Å². The number of methoxy groups -OCH3 is 1. The summed E-state index contributed by atoms with van der Waals surface area (Å²) in [6, 6.07) is 6.03. The van der Waals surface area contributed by atoms with Crippen molar-refractivity contribution < 1.29 is 9.13 Å². The van der Waals surface area contributed by atoms with Gasteiger partial charge in [0.25, 0.3) is 0 Å². The maximum Gasteiger partial charge on any atom is 0.210 e. The summed E-state index contributed by atoms with van der Waals surface area (Å²) in [6.07, 6.45) is 0. The van der Waals surface area contributed by atoms with E-state index in [1.54, 1.807) is 19.2 Å². The number of rotatable bonds is 4. The molecule has 0 aromatic heterocycles. The van der Waals surface area contributed by atoms with Crippen LogP contribution in [-0.4, -0.2) is 26.2 Å². The molecule has 1 rings (SSSR count). The van der Waals surface area contributed by atoms with Gasteiger partial charge < -0.3 is 10.1 Å². The third kappa shape index (κ3) is 4.24. The molecule has 0 aliphatic heterocycles. The van der Waals surface area contributed by atoms with E-state index in [-0.39, 0.29) is 5.82 Å². The molecular formula is C10H15FN4O. The Labute approximate surface area is 93.5 Å². The highest BCUT2D eigenvalue weighted by Gasteiger charge is 1.98. The number of aliphatic imine (C=N–C) groups is 1. The van der Waals surface area contributed by atoms with Crippen LogP contribution in [-0.2, 0) is 4.74 Å². The lowest BCUT2D eigenvalue weighted by Gasteiger charge is -2.08. The number of nitrogens with two attached hydrogens (primary N) is 1. The first-order chi connectivity index (χ1) is 7.76. The highest BCUT2D eigenvalue weighted by molar-refractivity contribution is 5.93. The molecule has 0 spiro atoms. The fraction of sp³-hybridized carbons (Fsp3) is 0.300. The molecule has 16 heavy (non-hydrogen) atoms. The topological polar surface area (TPSA) is 71.7 Å². The molecule has 1 aromatic carbocycles. The zero-order valence-electron chi connectivity index (χ0n) is 9.03. The summed E-state index contributed by atoms with van der Waals surface area (Å²) in [5.41, 5.74) is 2.97. The second kappa shape index (κ2) is 6.76. The number of nitrogens with zero attached hydrogens (tertiary/aromatic N) is 1. The molecule has 0 amide bonds. The lowest BCUT2D eigenvalue weighted by atomic mass is 10.3. The van der Waals surface area contributed by atoms with Gasteiger partial charge in [0, 0.05) is 12.8 Å². The van der Waals surface area contributed by atoms with Crippen molar-refractivity contribution >= 4 is 11.6 Å². The van der Waals surface area contributed by atoms with Gasteiger partial charge in [-0.15, -0.1) is 0 Å². The zero-order chi connectivity index (χ0) is 11.8. The molecule has 0 unspecified atom stereocenters. The summed E-state index contributed by atoms with van der Waals surface area (Å²) in [4.78, 5) is 4.08. The Hall–Kier alpha value is -1.66. The van der Waals surface area contributed by atoms with Crippen LogP contribution in [0.4, 0.5) is 10.1 Å². The molecule has 4 N–H and O–H groups in total. The van der Waals surface area contributed by atoms with Crippen LogP contribution in [0.5, 0.6) is 0 Å². The minimum Gasteiger partial charge on any atom is -0.383 e. The highest BCUT2D eigenvalue weighted by Crippen LogP contribution is 2.08. The van der Waals surface area contributed by atoms with Crippen LogP contribution in [0.3, 0.4) is 0 Å². The predicted molar refractivity (Wildman–Crippen MR) is 61.5 cm³/mol. The second-order valence-corrected chi connectivity index (χ2v) is 3.00. The number of halogens is 1. The summed E-state index contributed by atoms with van der Waals surface area (Å²) in [5.74, 6) is 5.31. The number of hydrazine groups is 1. The molecule has 0 saturated carbocycles. The Morgan fingerprint density at radius 1 is 1.56 bits per heavy atom. The minimum atomic E-state index is -0.321. The van der Waals surface area contributed by atoms with Crippen molar-refractivity contribution in [3.8, 4) is 0 Å². The third-order valence-corrected chi connectivity index (χ3v) is 1.79. The van der Waals surface area contributed by atoms with E-state index in [2.05, 4.69) is 15.7 Å². The number of anilines is 1. The maximum atomic E-state index is 12.9. The smallest absolute Gasteiger partial charge is 0.210 e. The summed E-state index contributed by atoms with van der Waals surface area (Å²) >= 11 is 0. The molecule has 0 bridgehead atoms. The van der Waals surface area contributed by atoms with E-state index in [9.17, 15) is 4.39 Å². The Kier molecular flexibility index (Phi) is 5.24. The van der Waals surface area contributed by atoms with Crippen molar-refractivity contribution in [3.05, 3.63) is 30.1 Å². The van der Waals surface area contributed by atoms with Crippen LogP contribution >= 0.6 is 0 Å². The maximum absolute atomic E-state index is 12.9. The van der Waals surface area contributed by atoms with Gasteiger partial charge in [-0.25, -0.2) is 15.2 Å². The normalized spacial score (nSPS) is 11.3. The molecule has 6 heteroatoms. The molecular weight excluding hydrogens is 211 g/mol. The van der Waals surface area contributed by atoms with Crippen LogP contribution in [0.2, 0.25) is 0 Å². The number of hydrogen-bond acceptors (Lipinski definition) is 3. The summed E-state index contributed by atoms with van der Waals surface area (Å²) in [5, 5.41) is 2.85. The SMILES string of the molecule is COCCN=C(NN)Nc1cccc(F)c1. The number of guanidine groups is 1. The number of ether oxygens (including phenoxy) is 1. The molecule has 0 aliphatic rings. The Morgan fingerprint density at radius 3 is 3.00 bits per heavy atom. The van der Waals surface area contributed by atoms with Gasteiger partial charge in [0.1, 0.15) is 5.82 Å². The van der Waals surface area contributed by atoms with Crippen LogP contribution in [0, 0.1) is 5.82 Å². The Morgan fingerprint density at radius 2 is 2.38 bits per heavy atom. The zero-order valence-corrected chi connectivity index (χ0v) is 9.03. The van der Waals surface area contributed by atoms with Gasteiger partial charge in [-0.1, -0.05) is 6.07 Å². The van der Waals surface area contributed by atoms with Gasteiger partial charge in [-0.2, -0.15) is 0 Å². The van der Waals surface area contributed by atoms with Gasteiger partial charge in [-0.05, 0) is 18.2 Å². The quantitative estimate of drug-likeness (QED) is 0.232. The predicted octanol–water partition coefficient (Wildman–Crippen LogP) is 0.703. The first-order valence-corrected chi connectivity index (χ1v) is 4.79. The van der Waals surface area contributed by atoms with Crippen LogP contribution in [0.15, 0.2) is 29.3 Å². The summed E-state index contributed by atoms with van der Waals surface area (Å²) in [6.45, 7) is 0.967. The molecule has 0 radical (unpaired) electrons. The third-order valence-electron chi connectivity index (χ3n) is 1.79. The molecule has 88 valence electrons. The van der Waals surface area contributed by atoms with E-state index in [0.717, 1.165) is 0 Å². The molecule has 0 heterocycles. The van der Waals surface area contributed by atoms with Crippen molar-refractivity contribution in [1.82, 2.24) is 5.43 Å². The summed E-state index contributed by atoms with van der Waals surface area (Å²) < 4.78 is 17.7. The van der Waals surface area contributed by atoms with Crippen molar-refractivity contribution in [2.75, 3.05) is 25.6 Å². The van der Waals surface area contributed by atoms with Gasteiger partial charge in [-0.3, -0.25) is 5.43 Å². The standard InChI is InChI=1S/C10H15FN4O/c1-16-6-5-13-10(15-12)14-9-4-2-3-8(11)7-9/h2-4,7H,5-6,12H2,1H3,(H2,13,14,15). The number of hydrogen-bond donors (Lipinski definition) is 3. The van der Waals surface area contributed by atoms with Crippen LogP contribution in [0.1, 0.15) is 0 Å². The first kappa shape index (κ1) is 12.4. The number of benzene rings is 1. The van der Waals surface area contributed by atoms with E-state index in [4.69, 9.17) is 10.6 Å². The van der Waals surface area contributed by atoms with Crippen molar-refractivity contribution in [2.24, 2.45) is 10.8 Å². The van der Waals surface area contributed by atoms with Gasteiger partial charge in [0.15, 0.2) is 0 Å². The monoisotopic (exact) mass is 226 g/mol. The average molecular weight is 226 g/mol. The van der Waals surface area contributed by atoms with Crippen molar-refractivity contribution in [1.29, 1.82) is 0 Å². The fourth-order valence-electron chi connectivity index (χ4n) is 1.07. The van der Waals surface area contributed by atoms with Crippen LogP contribution < -0.4 is 16.6 Å². The summed E-state index contributed by atoms with van der Waals surface area (Å²) in [7, 11) is 1.59. The minimum absolute atomic E-state index is 0.321. The largest absolute Gasteiger partial charge is 0.383 e. The van der Waals surface area contributed by atoms with E-state index in [1.165, 1.54) is 12.1 Å². The molecule has 0 saturated heterocycles. The second-order valence-electron chi connectivity index (χ2n) is 3.00. The van der Waals surface area contributed by atoms with Crippen LogP contribution in [0.25, 0.3) is 0 Å². The van der Waals surface area contributed by atoms with E-state index < -0.39 is 0 Å². The number of nitrogens with one attached hydrogen (secondary N) is 2. The van der Waals surface area contributed by atoms with E-state index in [1.807, 2.05) is 0 Å². The lowest BCUT2D eigenvalue weighted by Crippen LogP contribution is -2.36. The van der Waals surface area contributed by atoms with Gasteiger partial charge >= 0.3 is 0 Å². The fourth-order valence-corrected chi connectivity index (χ4v) is 1.07. The molecule has 5 nitrogen and oxygen atoms in total. The van der Waals surface area contributed by atoms with Crippen molar-refractivity contribution in [2.45, 2.75) is 0 Å².